The zero-order chi connectivity index (χ0) is 15.2. The molecule has 4 heteroatoms. The Bertz CT molecular complexity index is 468. The number of nitrogens with zero attached hydrogens (tertiary/aromatic N) is 1. The second-order valence-corrected chi connectivity index (χ2v) is 5.84. The van der Waals surface area contributed by atoms with Gasteiger partial charge in [-0.3, -0.25) is 4.79 Å². The minimum Gasteiger partial charge on any atom is -0.481 e. The van der Waals surface area contributed by atoms with Gasteiger partial charge in [-0.05, 0) is 56.3 Å². The molecule has 0 saturated carbocycles. The normalized spacial score (nSPS) is 17.6. The van der Waals surface area contributed by atoms with Crippen LogP contribution in [0, 0.1) is 12.8 Å². The van der Waals surface area contributed by atoms with E-state index in [-0.39, 0.29) is 12.0 Å². The van der Waals surface area contributed by atoms with Crippen LogP contribution >= 0.6 is 0 Å². The highest BCUT2D eigenvalue weighted by molar-refractivity contribution is 5.81. The summed E-state index contributed by atoms with van der Waals surface area (Å²) in [7, 11) is 0. The molecule has 0 aromatic heterocycles. The Morgan fingerprint density at radius 3 is 2.71 bits per heavy atom. The van der Waals surface area contributed by atoms with Gasteiger partial charge in [0.1, 0.15) is 5.75 Å². The number of amides is 1. The van der Waals surface area contributed by atoms with Gasteiger partial charge in [-0.2, -0.15) is 0 Å². The lowest BCUT2D eigenvalue weighted by Crippen LogP contribution is -2.46. The van der Waals surface area contributed by atoms with Gasteiger partial charge < -0.3 is 15.4 Å². The molecule has 0 aliphatic carbocycles. The molecule has 1 saturated heterocycles. The monoisotopic (exact) mass is 290 g/mol. The summed E-state index contributed by atoms with van der Waals surface area (Å²) in [6.45, 7) is 6.33. The lowest BCUT2D eigenvalue weighted by molar-refractivity contribution is -0.140. The van der Waals surface area contributed by atoms with Crippen molar-refractivity contribution in [3.05, 3.63) is 29.8 Å². The summed E-state index contributed by atoms with van der Waals surface area (Å²) in [4.78, 5) is 14.5. The first kappa shape index (κ1) is 15.8. The van der Waals surface area contributed by atoms with Crippen LogP contribution in [0.5, 0.6) is 5.75 Å². The number of aryl methyl sites for hydroxylation is 1. The molecular formula is C17H26N2O2. The standard InChI is InChI=1S/C17H26N2O2/c1-3-16(21-15-6-4-5-13(2)11-15)17(20)19-9-7-14(12-18)8-10-19/h4-6,11,14,16H,3,7-10,12,18H2,1-2H3. The molecule has 1 aromatic carbocycles. The van der Waals surface area contributed by atoms with E-state index < -0.39 is 0 Å². The lowest BCUT2D eigenvalue weighted by atomic mass is 9.96. The van der Waals surface area contributed by atoms with E-state index in [0.29, 0.717) is 12.3 Å². The minimum absolute atomic E-state index is 0.106. The minimum atomic E-state index is -0.388. The quantitative estimate of drug-likeness (QED) is 0.905. The zero-order valence-corrected chi connectivity index (χ0v) is 13.0. The number of piperidine rings is 1. The molecule has 0 bridgehead atoms. The zero-order valence-electron chi connectivity index (χ0n) is 13.0. The van der Waals surface area contributed by atoms with E-state index in [2.05, 4.69) is 0 Å². The van der Waals surface area contributed by atoms with Crippen molar-refractivity contribution >= 4 is 5.91 Å². The van der Waals surface area contributed by atoms with Crippen LogP contribution in [0.3, 0.4) is 0 Å². The molecule has 1 amide bonds. The molecule has 21 heavy (non-hydrogen) atoms. The van der Waals surface area contributed by atoms with Crippen molar-refractivity contribution < 1.29 is 9.53 Å². The van der Waals surface area contributed by atoms with Gasteiger partial charge in [0, 0.05) is 13.1 Å². The van der Waals surface area contributed by atoms with E-state index in [1.807, 2.05) is 43.0 Å². The van der Waals surface area contributed by atoms with Gasteiger partial charge in [-0.1, -0.05) is 19.1 Å². The van der Waals surface area contributed by atoms with Crippen LogP contribution < -0.4 is 10.5 Å². The average Bonchev–Trinajstić information content (AvgIpc) is 2.52. The lowest BCUT2D eigenvalue weighted by Gasteiger charge is -2.33. The number of carbonyl (C=O) groups excluding carboxylic acids is 1. The topological polar surface area (TPSA) is 55.6 Å². The van der Waals surface area contributed by atoms with Crippen LogP contribution in [0.4, 0.5) is 0 Å². The number of benzene rings is 1. The molecule has 1 aliphatic heterocycles. The predicted molar refractivity (Wildman–Crippen MR) is 84.2 cm³/mol. The van der Waals surface area contributed by atoms with E-state index in [1.165, 1.54) is 0 Å². The predicted octanol–water partition coefficient (Wildman–Crippen LogP) is 2.35. The van der Waals surface area contributed by atoms with Gasteiger partial charge >= 0.3 is 0 Å². The molecule has 0 spiro atoms. The molecule has 4 nitrogen and oxygen atoms in total. The molecule has 1 fully saturated rings. The Kier molecular flexibility index (Phi) is 5.62. The molecule has 2 rings (SSSR count). The van der Waals surface area contributed by atoms with E-state index in [9.17, 15) is 4.79 Å². The maximum absolute atomic E-state index is 12.6. The van der Waals surface area contributed by atoms with E-state index in [1.54, 1.807) is 0 Å². The molecule has 0 radical (unpaired) electrons. The summed E-state index contributed by atoms with van der Waals surface area (Å²) in [5.41, 5.74) is 6.84. The summed E-state index contributed by atoms with van der Waals surface area (Å²) >= 11 is 0. The highest BCUT2D eigenvalue weighted by atomic mass is 16.5. The van der Waals surface area contributed by atoms with Crippen molar-refractivity contribution in [1.82, 2.24) is 4.90 Å². The third-order valence-corrected chi connectivity index (χ3v) is 4.17. The summed E-state index contributed by atoms with van der Waals surface area (Å²) in [6, 6.07) is 7.85. The van der Waals surface area contributed by atoms with Gasteiger partial charge in [0.15, 0.2) is 6.10 Å². The summed E-state index contributed by atoms with van der Waals surface area (Å²) in [5.74, 6) is 1.44. The average molecular weight is 290 g/mol. The smallest absolute Gasteiger partial charge is 0.263 e. The van der Waals surface area contributed by atoms with Crippen molar-refractivity contribution in [2.24, 2.45) is 11.7 Å². The van der Waals surface area contributed by atoms with Crippen LogP contribution in [0.15, 0.2) is 24.3 Å². The highest BCUT2D eigenvalue weighted by Gasteiger charge is 2.28. The third-order valence-electron chi connectivity index (χ3n) is 4.17. The van der Waals surface area contributed by atoms with Crippen molar-refractivity contribution in [3.63, 3.8) is 0 Å². The van der Waals surface area contributed by atoms with Crippen LogP contribution in [-0.4, -0.2) is 36.5 Å². The van der Waals surface area contributed by atoms with Crippen LogP contribution in [0.2, 0.25) is 0 Å². The first-order valence-electron chi connectivity index (χ1n) is 7.86. The maximum atomic E-state index is 12.6. The summed E-state index contributed by atoms with van der Waals surface area (Å²) < 4.78 is 5.90. The van der Waals surface area contributed by atoms with Crippen LogP contribution in [-0.2, 0) is 4.79 Å². The molecule has 116 valence electrons. The number of ether oxygens (including phenoxy) is 1. The van der Waals surface area contributed by atoms with Gasteiger partial charge in [-0.25, -0.2) is 0 Å². The van der Waals surface area contributed by atoms with Gasteiger partial charge in [0.05, 0.1) is 0 Å². The molecule has 1 heterocycles. The fourth-order valence-electron chi connectivity index (χ4n) is 2.75. The molecule has 2 N–H and O–H groups in total. The van der Waals surface area contributed by atoms with Crippen molar-refractivity contribution in [3.8, 4) is 5.75 Å². The van der Waals surface area contributed by atoms with Gasteiger partial charge in [0.2, 0.25) is 0 Å². The second kappa shape index (κ2) is 7.46. The first-order valence-corrected chi connectivity index (χ1v) is 7.86. The second-order valence-electron chi connectivity index (χ2n) is 5.84. The molecular weight excluding hydrogens is 264 g/mol. The largest absolute Gasteiger partial charge is 0.481 e. The Morgan fingerprint density at radius 1 is 1.43 bits per heavy atom. The Labute approximate surface area is 127 Å². The highest BCUT2D eigenvalue weighted by Crippen LogP contribution is 2.20. The van der Waals surface area contributed by atoms with E-state index in [0.717, 1.165) is 43.8 Å². The Balaban J connectivity index is 1.96. The summed E-state index contributed by atoms with van der Waals surface area (Å²) in [6.07, 6.45) is 2.30. The summed E-state index contributed by atoms with van der Waals surface area (Å²) in [5, 5.41) is 0. The molecule has 1 aromatic rings. The van der Waals surface area contributed by atoms with Crippen molar-refractivity contribution in [2.45, 2.75) is 39.2 Å². The number of likely N-dealkylation sites (tertiary alicyclic amines) is 1. The number of nitrogens with two attached hydrogens (primary N) is 1. The number of carbonyl (C=O) groups is 1. The fraction of sp³-hybridized carbons (Fsp3) is 0.588. The number of rotatable bonds is 5. The van der Waals surface area contributed by atoms with E-state index in [4.69, 9.17) is 10.5 Å². The third kappa shape index (κ3) is 4.21. The molecule has 1 atom stereocenters. The SMILES string of the molecule is CCC(Oc1cccc(C)c1)C(=O)N1CCC(CN)CC1. The van der Waals surface area contributed by atoms with Crippen LogP contribution in [0.25, 0.3) is 0 Å². The Hall–Kier alpha value is -1.55. The number of hydrogen-bond donors (Lipinski definition) is 1. The fourth-order valence-corrected chi connectivity index (χ4v) is 2.75. The van der Waals surface area contributed by atoms with Gasteiger partial charge in [0.25, 0.3) is 5.91 Å². The van der Waals surface area contributed by atoms with E-state index >= 15 is 0 Å². The Morgan fingerprint density at radius 2 is 2.14 bits per heavy atom. The van der Waals surface area contributed by atoms with Gasteiger partial charge in [-0.15, -0.1) is 0 Å². The van der Waals surface area contributed by atoms with Crippen LogP contribution in [0.1, 0.15) is 31.7 Å². The maximum Gasteiger partial charge on any atom is 0.263 e. The van der Waals surface area contributed by atoms with Crippen molar-refractivity contribution in [1.29, 1.82) is 0 Å². The number of hydrogen-bond acceptors (Lipinski definition) is 3. The first-order chi connectivity index (χ1) is 10.1. The molecule has 1 unspecified atom stereocenters. The van der Waals surface area contributed by atoms with Crippen molar-refractivity contribution in [2.75, 3.05) is 19.6 Å². The molecule has 1 aliphatic rings.